The van der Waals surface area contributed by atoms with E-state index < -0.39 is 5.60 Å². The molecular formula is C18H19ClN4O. The van der Waals surface area contributed by atoms with Gasteiger partial charge in [-0.1, -0.05) is 11.6 Å². The molecule has 0 spiro atoms. The number of aromatic nitrogens is 4. The van der Waals surface area contributed by atoms with Crippen molar-refractivity contribution in [2.45, 2.75) is 45.1 Å². The summed E-state index contributed by atoms with van der Waals surface area (Å²) in [6, 6.07) is 5.61. The first-order valence-electron chi connectivity index (χ1n) is 8.11. The fourth-order valence-corrected chi connectivity index (χ4v) is 3.18. The first-order valence-corrected chi connectivity index (χ1v) is 8.49. The number of fused-ring (bicyclic) bond motifs is 1. The molecule has 6 heteroatoms. The summed E-state index contributed by atoms with van der Waals surface area (Å²) in [5, 5.41) is 9.48. The van der Waals surface area contributed by atoms with Crippen molar-refractivity contribution in [3.05, 3.63) is 52.7 Å². The van der Waals surface area contributed by atoms with Gasteiger partial charge in [0.15, 0.2) is 17.1 Å². The minimum atomic E-state index is -0.639. The number of rotatable bonds is 4. The number of aryl methyl sites for hydroxylation is 1. The Kier molecular flexibility index (Phi) is 3.49. The largest absolute Gasteiger partial charge is 0.480 e. The van der Waals surface area contributed by atoms with Crippen LogP contribution in [0.3, 0.4) is 0 Å². The second-order valence-electron chi connectivity index (χ2n) is 6.83. The fraction of sp³-hybridized carbons (Fsp3) is 0.389. The Morgan fingerprint density at radius 3 is 2.75 bits per heavy atom. The Morgan fingerprint density at radius 2 is 2.04 bits per heavy atom. The van der Waals surface area contributed by atoms with Crippen molar-refractivity contribution in [2.24, 2.45) is 0 Å². The SMILES string of the molecule is Cc1cc(Cl)ccc1OC(C)(C)c1nnc2c(C3CC3)nccn12. The zero-order chi connectivity index (χ0) is 16.9. The first-order chi connectivity index (χ1) is 11.5. The minimum Gasteiger partial charge on any atom is -0.480 e. The van der Waals surface area contributed by atoms with E-state index in [1.165, 1.54) is 12.8 Å². The van der Waals surface area contributed by atoms with Gasteiger partial charge in [0, 0.05) is 23.3 Å². The predicted molar refractivity (Wildman–Crippen MR) is 92.6 cm³/mol. The maximum Gasteiger partial charge on any atom is 0.182 e. The van der Waals surface area contributed by atoms with Gasteiger partial charge in [-0.25, -0.2) is 0 Å². The number of ether oxygens (including phenoxy) is 1. The van der Waals surface area contributed by atoms with Crippen molar-refractivity contribution in [3.8, 4) is 5.75 Å². The lowest BCUT2D eigenvalue weighted by Crippen LogP contribution is -2.28. The third-order valence-electron chi connectivity index (χ3n) is 4.36. The molecule has 2 heterocycles. The van der Waals surface area contributed by atoms with Gasteiger partial charge >= 0.3 is 0 Å². The van der Waals surface area contributed by atoms with Gasteiger partial charge in [0.05, 0.1) is 5.69 Å². The molecule has 0 atom stereocenters. The van der Waals surface area contributed by atoms with Gasteiger partial charge in [-0.15, -0.1) is 10.2 Å². The molecule has 1 aliphatic carbocycles. The molecule has 1 aliphatic rings. The van der Waals surface area contributed by atoms with E-state index in [-0.39, 0.29) is 0 Å². The van der Waals surface area contributed by atoms with Crippen LogP contribution in [-0.2, 0) is 5.60 Å². The number of hydrogen-bond acceptors (Lipinski definition) is 4. The molecule has 0 bridgehead atoms. The van der Waals surface area contributed by atoms with E-state index in [9.17, 15) is 0 Å². The van der Waals surface area contributed by atoms with Crippen LogP contribution >= 0.6 is 11.6 Å². The molecule has 1 aromatic carbocycles. The third kappa shape index (κ3) is 2.63. The van der Waals surface area contributed by atoms with E-state index in [0.717, 1.165) is 28.5 Å². The van der Waals surface area contributed by atoms with Crippen molar-refractivity contribution >= 4 is 17.2 Å². The van der Waals surface area contributed by atoms with Crippen LogP contribution in [0.1, 0.15) is 49.7 Å². The third-order valence-corrected chi connectivity index (χ3v) is 4.59. The highest BCUT2D eigenvalue weighted by atomic mass is 35.5. The Hall–Kier alpha value is -2.14. The fourth-order valence-electron chi connectivity index (χ4n) is 2.95. The van der Waals surface area contributed by atoms with Crippen LogP contribution in [0.25, 0.3) is 5.65 Å². The molecule has 0 N–H and O–H groups in total. The van der Waals surface area contributed by atoms with Crippen molar-refractivity contribution < 1.29 is 4.74 Å². The van der Waals surface area contributed by atoms with Crippen molar-refractivity contribution in [3.63, 3.8) is 0 Å². The smallest absolute Gasteiger partial charge is 0.182 e. The molecule has 2 aromatic heterocycles. The van der Waals surface area contributed by atoms with Gasteiger partial charge in [0.2, 0.25) is 0 Å². The van der Waals surface area contributed by atoms with Crippen LogP contribution < -0.4 is 4.74 Å². The predicted octanol–water partition coefficient (Wildman–Crippen LogP) is 4.28. The van der Waals surface area contributed by atoms with Crippen LogP contribution in [0.5, 0.6) is 5.75 Å². The van der Waals surface area contributed by atoms with Crippen molar-refractivity contribution in [1.29, 1.82) is 0 Å². The summed E-state index contributed by atoms with van der Waals surface area (Å²) in [6.07, 6.45) is 6.07. The molecule has 24 heavy (non-hydrogen) atoms. The highest BCUT2D eigenvalue weighted by Gasteiger charge is 2.33. The highest BCUT2D eigenvalue weighted by Crippen LogP contribution is 2.40. The molecule has 4 rings (SSSR count). The summed E-state index contributed by atoms with van der Waals surface area (Å²) in [6.45, 7) is 5.97. The molecule has 0 saturated heterocycles. The molecule has 0 unspecified atom stereocenters. The number of hydrogen-bond donors (Lipinski definition) is 0. The molecule has 1 fully saturated rings. The molecule has 124 valence electrons. The lowest BCUT2D eigenvalue weighted by molar-refractivity contribution is 0.0963. The average Bonchev–Trinajstić information content (AvgIpc) is 3.27. The Bertz CT molecular complexity index is 915. The standard InChI is InChI=1S/C18H19ClN4O/c1-11-10-13(19)6-7-14(11)24-18(2,3)17-22-21-16-15(12-4-5-12)20-8-9-23(16)17/h6-10,12H,4-5H2,1-3H3. The van der Waals surface area contributed by atoms with Crippen LogP contribution in [-0.4, -0.2) is 19.6 Å². The van der Waals surface area contributed by atoms with E-state index in [0.29, 0.717) is 10.9 Å². The molecule has 1 saturated carbocycles. The molecule has 0 radical (unpaired) electrons. The Morgan fingerprint density at radius 1 is 1.25 bits per heavy atom. The second kappa shape index (κ2) is 5.45. The Balaban J connectivity index is 1.74. The van der Waals surface area contributed by atoms with Crippen LogP contribution in [0.4, 0.5) is 0 Å². The van der Waals surface area contributed by atoms with Crippen LogP contribution in [0.2, 0.25) is 5.02 Å². The van der Waals surface area contributed by atoms with Gasteiger partial charge in [-0.05, 0) is 57.4 Å². The molecule has 0 amide bonds. The van der Waals surface area contributed by atoms with E-state index in [1.807, 2.05) is 55.8 Å². The lowest BCUT2D eigenvalue weighted by atomic mass is 10.1. The number of nitrogens with zero attached hydrogens (tertiary/aromatic N) is 4. The van der Waals surface area contributed by atoms with E-state index in [4.69, 9.17) is 16.3 Å². The first kappa shape index (κ1) is 15.4. The summed E-state index contributed by atoms with van der Waals surface area (Å²) in [5.74, 6) is 2.07. The summed E-state index contributed by atoms with van der Waals surface area (Å²) in [5.41, 5.74) is 2.22. The summed E-state index contributed by atoms with van der Waals surface area (Å²) in [7, 11) is 0. The van der Waals surface area contributed by atoms with E-state index in [2.05, 4.69) is 15.2 Å². The normalized spacial score (nSPS) is 15.0. The number of benzene rings is 1. The highest BCUT2D eigenvalue weighted by molar-refractivity contribution is 6.30. The zero-order valence-corrected chi connectivity index (χ0v) is 14.7. The number of halogens is 1. The molecular weight excluding hydrogens is 324 g/mol. The van der Waals surface area contributed by atoms with Gasteiger partial charge < -0.3 is 4.74 Å². The van der Waals surface area contributed by atoms with E-state index >= 15 is 0 Å². The summed E-state index contributed by atoms with van der Waals surface area (Å²) < 4.78 is 8.25. The maximum atomic E-state index is 6.25. The monoisotopic (exact) mass is 342 g/mol. The second-order valence-corrected chi connectivity index (χ2v) is 7.26. The minimum absolute atomic E-state index is 0.522. The summed E-state index contributed by atoms with van der Waals surface area (Å²) in [4.78, 5) is 4.49. The summed E-state index contributed by atoms with van der Waals surface area (Å²) >= 11 is 6.03. The van der Waals surface area contributed by atoms with Gasteiger partial charge in [-0.3, -0.25) is 9.38 Å². The van der Waals surface area contributed by atoms with Gasteiger partial charge in [0.25, 0.3) is 0 Å². The van der Waals surface area contributed by atoms with Crippen LogP contribution in [0.15, 0.2) is 30.6 Å². The van der Waals surface area contributed by atoms with Gasteiger partial charge in [-0.2, -0.15) is 0 Å². The Labute approximate surface area is 145 Å². The topological polar surface area (TPSA) is 52.3 Å². The van der Waals surface area contributed by atoms with Crippen molar-refractivity contribution in [2.75, 3.05) is 0 Å². The lowest BCUT2D eigenvalue weighted by Gasteiger charge is -2.25. The quantitative estimate of drug-likeness (QED) is 0.710. The van der Waals surface area contributed by atoms with E-state index in [1.54, 1.807) is 0 Å². The molecule has 3 aromatic rings. The van der Waals surface area contributed by atoms with Crippen LogP contribution in [0, 0.1) is 6.92 Å². The maximum absolute atomic E-state index is 6.25. The van der Waals surface area contributed by atoms with Gasteiger partial charge in [0.1, 0.15) is 5.75 Å². The molecule has 0 aliphatic heterocycles. The van der Waals surface area contributed by atoms with Crippen molar-refractivity contribution in [1.82, 2.24) is 19.6 Å². The molecule has 5 nitrogen and oxygen atoms in total. The zero-order valence-electron chi connectivity index (χ0n) is 14.0. The average molecular weight is 343 g/mol.